The number of carbonyl (C=O) groups is 2. The second-order valence-corrected chi connectivity index (χ2v) is 5.47. The summed E-state index contributed by atoms with van der Waals surface area (Å²) in [5.74, 6) is -0.0305. The maximum absolute atomic E-state index is 11.5. The van der Waals surface area contributed by atoms with Crippen molar-refractivity contribution in [3.63, 3.8) is 0 Å². The largest absolute Gasteiger partial charge is 0.427 e. The molecule has 6 heteroatoms. The first kappa shape index (κ1) is 13.8. The van der Waals surface area contributed by atoms with Crippen LogP contribution in [0, 0.1) is 0 Å². The van der Waals surface area contributed by atoms with Gasteiger partial charge in [0.25, 0.3) is 5.91 Å². The summed E-state index contributed by atoms with van der Waals surface area (Å²) < 4.78 is 5.56. The molecule has 4 nitrogen and oxygen atoms in total. The van der Waals surface area contributed by atoms with Gasteiger partial charge in [0.15, 0.2) is 0 Å². The van der Waals surface area contributed by atoms with Gasteiger partial charge in [0.05, 0.1) is 4.91 Å². The molecule has 0 radical (unpaired) electrons. The van der Waals surface area contributed by atoms with Crippen LogP contribution in [-0.4, -0.2) is 16.2 Å². The molecule has 1 amide bonds. The van der Waals surface area contributed by atoms with Crippen molar-refractivity contribution < 1.29 is 14.3 Å². The number of hydrogen-bond donors (Lipinski definition) is 1. The fraction of sp³-hybridized carbons (Fsp3) is 0.154. The van der Waals surface area contributed by atoms with Gasteiger partial charge in [-0.25, -0.2) is 0 Å². The Morgan fingerprint density at radius 1 is 1.53 bits per heavy atom. The highest BCUT2D eigenvalue weighted by Gasteiger charge is 2.21. The Labute approximate surface area is 120 Å². The zero-order valence-electron chi connectivity index (χ0n) is 10.1. The maximum atomic E-state index is 11.5. The lowest BCUT2D eigenvalue weighted by molar-refractivity contribution is -0.134. The Morgan fingerprint density at radius 2 is 2.32 bits per heavy atom. The van der Waals surface area contributed by atoms with Crippen molar-refractivity contribution in [1.82, 2.24) is 5.32 Å². The molecule has 0 unspecified atom stereocenters. The second kappa shape index (κ2) is 5.99. The van der Waals surface area contributed by atoms with Gasteiger partial charge in [-0.05, 0) is 23.8 Å². The van der Waals surface area contributed by atoms with E-state index < -0.39 is 0 Å². The van der Waals surface area contributed by atoms with Crippen LogP contribution in [0.25, 0.3) is 6.08 Å². The van der Waals surface area contributed by atoms with Gasteiger partial charge < -0.3 is 10.1 Å². The fourth-order valence-corrected chi connectivity index (χ4v) is 2.49. The van der Waals surface area contributed by atoms with E-state index in [9.17, 15) is 9.59 Å². The number of thiocarbonyl (C=S) groups is 1. The SMILES string of the molecule is CCC(=O)Oc1cccc(C=C2SC(=S)NC2=O)c1. The molecule has 0 aliphatic carbocycles. The molecule has 0 bridgehead atoms. The molecule has 1 saturated heterocycles. The summed E-state index contributed by atoms with van der Waals surface area (Å²) in [6.45, 7) is 1.73. The molecular weight excluding hydrogens is 282 g/mol. The van der Waals surface area contributed by atoms with Crippen LogP contribution in [0.4, 0.5) is 0 Å². The van der Waals surface area contributed by atoms with Gasteiger partial charge in [-0.1, -0.05) is 43.0 Å². The monoisotopic (exact) mass is 293 g/mol. The van der Waals surface area contributed by atoms with E-state index in [4.69, 9.17) is 17.0 Å². The van der Waals surface area contributed by atoms with E-state index >= 15 is 0 Å². The third-order valence-electron chi connectivity index (χ3n) is 2.32. The lowest BCUT2D eigenvalue weighted by Gasteiger charge is -2.03. The molecule has 1 heterocycles. The van der Waals surface area contributed by atoms with Gasteiger partial charge in [-0.3, -0.25) is 9.59 Å². The average molecular weight is 293 g/mol. The van der Waals surface area contributed by atoms with Crippen molar-refractivity contribution in [2.24, 2.45) is 0 Å². The highest BCUT2D eigenvalue weighted by atomic mass is 32.2. The summed E-state index contributed by atoms with van der Waals surface area (Å²) in [6.07, 6.45) is 2.03. The molecular formula is C13H11NO3S2. The minimum absolute atomic E-state index is 0.203. The zero-order valence-corrected chi connectivity index (χ0v) is 11.8. The molecule has 2 rings (SSSR count). The van der Waals surface area contributed by atoms with E-state index in [1.807, 2.05) is 6.07 Å². The summed E-state index contributed by atoms with van der Waals surface area (Å²) in [6, 6.07) is 6.99. The average Bonchev–Trinajstić information content (AvgIpc) is 2.68. The Morgan fingerprint density at radius 3 is 2.95 bits per heavy atom. The van der Waals surface area contributed by atoms with Gasteiger partial charge in [0, 0.05) is 6.42 Å². The van der Waals surface area contributed by atoms with Crippen molar-refractivity contribution in [3.05, 3.63) is 34.7 Å². The van der Waals surface area contributed by atoms with Gasteiger partial charge in [-0.2, -0.15) is 0 Å². The van der Waals surface area contributed by atoms with Crippen molar-refractivity contribution in [1.29, 1.82) is 0 Å². The van der Waals surface area contributed by atoms with Crippen molar-refractivity contribution >= 4 is 46.3 Å². The standard InChI is InChI=1S/C13H11NO3S2/c1-2-11(15)17-9-5-3-4-8(6-9)7-10-12(16)14-13(18)19-10/h3-7H,2H2,1H3,(H,14,16,18). The van der Waals surface area contributed by atoms with Gasteiger partial charge in [0.1, 0.15) is 10.1 Å². The Hall–Kier alpha value is -1.66. The van der Waals surface area contributed by atoms with Gasteiger partial charge >= 0.3 is 5.97 Å². The molecule has 19 heavy (non-hydrogen) atoms. The van der Waals surface area contributed by atoms with E-state index in [-0.39, 0.29) is 11.9 Å². The molecule has 0 aromatic heterocycles. The Kier molecular flexibility index (Phi) is 4.34. The minimum Gasteiger partial charge on any atom is -0.427 e. The normalized spacial score (nSPS) is 16.6. The van der Waals surface area contributed by atoms with E-state index in [0.717, 1.165) is 5.56 Å². The molecule has 98 valence electrons. The Bertz CT molecular complexity index is 581. The first-order chi connectivity index (χ1) is 9.08. The van der Waals surface area contributed by atoms with E-state index in [1.54, 1.807) is 31.2 Å². The van der Waals surface area contributed by atoms with Crippen LogP contribution in [0.5, 0.6) is 5.75 Å². The minimum atomic E-state index is -0.293. The third kappa shape index (κ3) is 3.65. The van der Waals surface area contributed by atoms with Crippen LogP contribution >= 0.6 is 24.0 Å². The van der Waals surface area contributed by atoms with Crippen LogP contribution in [0.1, 0.15) is 18.9 Å². The molecule has 0 spiro atoms. The van der Waals surface area contributed by atoms with Crippen LogP contribution in [-0.2, 0) is 9.59 Å². The molecule has 1 aromatic carbocycles. The molecule has 1 aliphatic heterocycles. The second-order valence-electron chi connectivity index (χ2n) is 3.75. The maximum Gasteiger partial charge on any atom is 0.310 e. The number of amides is 1. The molecule has 1 aliphatic rings. The quantitative estimate of drug-likeness (QED) is 0.401. The molecule has 1 fully saturated rings. The first-order valence-electron chi connectivity index (χ1n) is 5.64. The summed E-state index contributed by atoms with van der Waals surface area (Å²) >= 11 is 6.13. The smallest absolute Gasteiger partial charge is 0.310 e. The summed E-state index contributed by atoms with van der Waals surface area (Å²) in [5, 5.41) is 2.54. The number of ether oxygens (including phenoxy) is 1. The number of rotatable bonds is 3. The number of benzene rings is 1. The van der Waals surface area contributed by atoms with E-state index in [1.165, 1.54) is 11.8 Å². The zero-order chi connectivity index (χ0) is 13.8. The molecule has 0 saturated carbocycles. The van der Waals surface area contributed by atoms with Crippen LogP contribution in [0.2, 0.25) is 0 Å². The van der Waals surface area contributed by atoms with Crippen LogP contribution in [0.3, 0.4) is 0 Å². The molecule has 0 atom stereocenters. The van der Waals surface area contributed by atoms with Crippen molar-refractivity contribution in [2.75, 3.05) is 0 Å². The van der Waals surface area contributed by atoms with Gasteiger partial charge in [-0.15, -0.1) is 0 Å². The lowest BCUT2D eigenvalue weighted by atomic mass is 10.2. The summed E-state index contributed by atoms with van der Waals surface area (Å²) in [4.78, 5) is 23.3. The predicted octanol–water partition coefficient (Wildman–Crippen LogP) is 2.49. The number of carbonyl (C=O) groups excluding carboxylic acids is 2. The topological polar surface area (TPSA) is 55.4 Å². The van der Waals surface area contributed by atoms with Crippen molar-refractivity contribution in [3.8, 4) is 5.75 Å². The highest BCUT2D eigenvalue weighted by molar-refractivity contribution is 8.26. The molecule has 1 N–H and O–H groups in total. The van der Waals surface area contributed by atoms with Crippen molar-refractivity contribution in [2.45, 2.75) is 13.3 Å². The summed E-state index contributed by atoms with van der Waals surface area (Å²) in [5.41, 5.74) is 0.781. The molecule has 1 aromatic rings. The first-order valence-corrected chi connectivity index (χ1v) is 6.86. The van der Waals surface area contributed by atoms with Gasteiger partial charge in [0.2, 0.25) is 0 Å². The third-order valence-corrected chi connectivity index (χ3v) is 3.48. The number of nitrogens with one attached hydrogen (secondary N) is 1. The number of esters is 1. The van der Waals surface area contributed by atoms with Crippen LogP contribution < -0.4 is 10.1 Å². The fourth-order valence-electron chi connectivity index (χ4n) is 1.44. The predicted molar refractivity (Wildman–Crippen MR) is 78.7 cm³/mol. The Balaban J connectivity index is 2.19. The lowest BCUT2D eigenvalue weighted by Crippen LogP contribution is -2.17. The highest BCUT2D eigenvalue weighted by Crippen LogP contribution is 2.26. The van der Waals surface area contributed by atoms with E-state index in [2.05, 4.69) is 5.32 Å². The van der Waals surface area contributed by atoms with E-state index in [0.29, 0.717) is 21.4 Å². The number of thioether (sulfide) groups is 1. The number of hydrogen-bond acceptors (Lipinski definition) is 5. The summed E-state index contributed by atoms with van der Waals surface area (Å²) in [7, 11) is 0. The van der Waals surface area contributed by atoms with Crippen LogP contribution in [0.15, 0.2) is 29.2 Å².